The topological polar surface area (TPSA) is 51.2 Å². The first-order chi connectivity index (χ1) is 11.0. The molecule has 0 fully saturated rings. The summed E-state index contributed by atoms with van der Waals surface area (Å²) in [5.41, 5.74) is 3.22. The number of amides is 1. The summed E-state index contributed by atoms with van der Waals surface area (Å²) in [6.07, 6.45) is 0. The van der Waals surface area contributed by atoms with Gasteiger partial charge in [0.05, 0.1) is 22.9 Å². The summed E-state index contributed by atoms with van der Waals surface area (Å²) in [4.78, 5) is 17.0. The maximum absolute atomic E-state index is 12.6. The van der Waals surface area contributed by atoms with Crippen LogP contribution in [0.15, 0.2) is 30.3 Å². The molecule has 0 radical (unpaired) electrons. The minimum atomic E-state index is -0.288. The molecule has 0 aliphatic heterocycles. The van der Waals surface area contributed by atoms with Gasteiger partial charge in [0.25, 0.3) is 5.91 Å². The molecule has 0 unspecified atom stereocenters. The van der Waals surface area contributed by atoms with Gasteiger partial charge in [-0.3, -0.25) is 10.1 Å². The van der Waals surface area contributed by atoms with Crippen LogP contribution < -0.4 is 10.1 Å². The summed E-state index contributed by atoms with van der Waals surface area (Å²) in [7, 11) is 1.54. The number of carbonyl (C=O) groups excluding carboxylic acids is 1. The van der Waals surface area contributed by atoms with E-state index in [2.05, 4.69) is 10.3 Å². The lowest BCUT2D eigenvalue weighted by Crippen LogP contribution is -2.13. The van der Waals surface area contributed by atoms with Crippen LogP contribution in [0.3, 0.4) is 0 Å². The maximum Gasteiger partial charge on any atom is 0.261 e. The molecule has 1 N–H and O–H groups in total. The fraction of sp³-hybridized carbons (Fsp3) is 0.176. The Morgan fingerprint density at radius 2 is 2.04 bits per heavy atom. The Bertz CT molecular complexity index is 905. The third-order valence-corrected chi connectivity index (χ3v) is 4.86. The highest BCUT2D eigenvalue weighted by Crippen LogP contribution is 2.31. The number of aromatic nitrogens is 1. The molecule has 2 aromatic carbocycles. The smallest absolute Gasteiger partial charge is 0.261 e. The predicted octanol–water partition coefficient (Wildman–Crippen LogP) is 4.83. The number of anilines is 1. The van der Waals surface area contributed by atoms with Crippen LogP contribution >= 0.6 is 22.9 Å². The monoisotopic (exact) mass is 346 g/mol. The average molecular weight is 347 g/mol. The maximum atomic E-state index is 12.6. The number of aryl methyl sites for hydroxylation is 2. The van der Waals surface area contributed by atoms with Crippen molar-refractivity contribution in [2.45, 2.75) is 13.8 Å². The number of halogens is 1. The summed E-state index contributed by atoms with van der Waals surface area (Å²) in [6.45, 7) is 3.87. The number of benzene rings is 2. The van der Waals surface area contributed by atoms with Crippen molar-refractivity contribution in [1.29, 1.82) is 0 Å². The van der Waals surface area contributed by atoms with Gasteiger partial charge in [-0.05, 0) is 43.2 Å². The Kier molecular flexibility index (Phi) is 4.24. The van der Waals surface area contributed by atoms with E-state index in [-0.39, 0.29) is 5.91 Å². The number of nitrogens with zero attached hydrogens (tertiary/aromatic N) is 1. The molecule has 0 spiro atoms. The van der Waals surface area contributed by atoms with Crippen molar-refractivity contribution in [3.8, 4) is 5.75 Å². The third-order valence-electron chi connectivity index (χ3n) is 3.52. The second kappa shape index (κ2) is 6.18. The van der Waals surface area contributed by atoms with Crippen molar-refractivity contribution < 1.29 is 9.53 Å². The zero-order chi connectivity index (χ0) is 16.6. The number of thiazole rings is 1. The van der Waals surface area contributed by atoms with Crippen molar-refractivity contribution in [3.05, 3.63) is 52.0 Å². The first-order valence-electron chi connectivity index (χ1n) is 7.01. The van der Waals surface area contributed by atoms with Crippen molar-refractivity contribution in [1.82, 2.24) is 4.98 Å². The second-order valence-electron chi connectivity index (χ2n) is 5.20. The van der Waals surface area contributed by atoms with E-state index in [9.17, 15) is 4.79 Å². The minimum Gasteiger partial charge on any atom is -0.496 e. The van der Waals surface area contributed by atoms with Gasteiger partial charge in [0.1, 0.15) is 5.75 Å². The number of ether oxygens (including phenoxy) is 1. The van der Waals surface area contributed by atoms with Gasteiger partial charge in [0.15, 0.2) is 5.13 Å². The lowest BCUT2D eigenvalue weighted by molar-refractivity contribution is 0.102. The standard InChI is InChI=1S/C17H15ClN2O2S/c1-9-5-4-6-13-15(9)23-17(19-13)20-16(21)12-8-11(18)7-10(2)14(12)22-3/h4-8H,1-3H3,(H,19,20,21). The fourth-order valence-corrected chi connectivity index (χ4v) is 3.68. The van der Waals surface area contributed by atoms with E-state index in [0.29, 0.717) is 21.5 Å². The summed E-state index contributed by atoms with van der Waals surface area (Å²) in [5, 5.41) is 3.88. The Morgan fingerprint density at radius 3 is 2.74 bits per heavy atom. The van der Waals surface area contributed by atoms with Gasteiger partial charge in [-0.15, -0.1) is 0 Å². The highest BCUT2D eigenvalue weighted by atomic mass is 35.5. The fourth-order valence-electron chi connectivity index (χ4n) is 2.47. The zero-order valence-electron chi connectivity index (χ0n) is 12.9. The number of hydrogen-bond donors (Lipinski definition) is 1. The molecular formula is C17H15ClN2O2S. The van der Waals surface area contributed by atoms with Crippen molar-refractivity contribution >= 4 is 44.2 Å². The molecule has 4 nitrogen and oxygen atoms in total. The molecule has 6 heteroatoms. The molecule has 0 atom stereocenters. The van der Waals surface area contributed by atoms with Gasteiger partial charge >= 0.3 is 0 Å². The molecule has 0 bridgehead atoms. The van der Waals surface area contributed by atoms with E-state index >= 15 is 0 Å². The van der Waals surface area contributed by atoms with Crippen LogP contribution in [0.4, 0.5) is 5.13 Å². The van der Waals surface area contributed by atoms with Crippen molar-refractivity contribution in [2.24, 2.45) is 0 Å². The number of nitrogens with one attached hydrogen (secondary N) is 1. The van der Waals surface area contributed by atoms with Crippen LogP contribution in [-0.2, 0) is 0 Å². The van der Waals surface area contributed by atoms with Crippen LogP contribution in [0, 0.1) is 13.8 Å². The normalized spacial score (nSPS) is 10.8. The Morgan fingerprint density at radius 1 is 1.26 bits per heavy atom. The van der Waals surface area contributed by atoms with E-state index in [0.717, 1.165) is 21.3 Å². The second-order valence-corrected chi connectivity index (χ2v) is 6.64. The van der Waals surface area contributed by atoms with E-state index < -0.39 is 0 Å². The molecule has 0 aliphatic carbocycles. The van der Waals surface area contributed by atoms with Gasteiger partial charge in [-0.25, -0.2) is 4.98 Å². The van der Waals surface area contributed by atoms with Gasteiger partial charge in [0.2, 0.25) is 0 Å². The lowest BCUT2D eigenvalue weighted by Gasteiger charge is -2.11. The van der Waals surface area contributed by atoms with Gasteiger partial charge in [-0.1, -0.05) is 35.1 Å². The minimum absolute atomic E-state index is 0.288. The van der Waals surface area contributed by atoms with Gasteiger partial charge in [0, 0.05) is 5.02 Å². The molecular weight excluding hydrogens is 332 g/mol. The first kappa shape index (κ1) is 15.8. The van der Waals surface area contributed by atoms with Crippen molar-refractivity contribution in [2.75, 3.05) is 12.4 Å². The average Bonchev–Trinajstić information content (AvgIpc) is 2.90. The van der Waals surface area contributed by atoms with Crippen LogP contribution in [0.25, 0.3) is 10.2 Å². The van der Waals surface area contributed by atoms with Crippen LogP contribution in [0.1, 0.15) is 21.5 Å². The van der Waals surface area contributed by atoms with Crippen LogP contribution in [-0.4, -0.2) is 18.0 Å². The molecule has 3 rings (SSSR count). The predicted molar refractivity (Wildman–Crippen MR) is 95.1 cm³/mol. The van der Waals surface area contributed by atoms with E-state index in [1.165, 1.54) is 18.4 Å². The van der Waals surface area contributed by atoms with Crippen molar-refractivity contribution in [3.63, 3.8) is 0 Å². The Hall–Kier alpha value is -2.11. The highest BCUT2D eigenvalue weighted by Gasteiger charge is 2.17. The number of carbonyl (C=O) groups is 1. The molecule has 0 saturated heterocycles. The molecule has 1 amide bonds. The van der Waals surface area contributed by atoms with Gasteiger partial charge < -0.3 is 4.74 Å². The molecule has 0 saturated carbocycles. The van der Waals surface area contributed by atoms with Gasteiger partial charge in [-0.2, -0.15) is 0 Å². The number of hydrogen-bond acceptors (Lipinski definition) is 4. The van der Waals surface area contributed by atoms with E-state index in [4.69, 9.17) is 16.3 Å². The Labute approximate surface area is 143 Å². The molecule has 0 aliphatic rings. The molecule has 1 aromatic heterocycles. The Balaban J connectivity index is 1.96. The SMILES string of the molecule is COc1c(C)cc(Cl)cc1C(=O)Nc1nc2cccc(C)c2s1. The largest absolute Gasteiger partial charge is 0.496 e. The molecule has 23 heavy (non-hydrogen) atoms. The lowest BCUT2D eigenvalue weighted by atomic mass is 10.1. The van der Waals surface area contributed by atoms with E-state index in [1.54, 1.807) is 12.1 Å². The molecule has 118 valence electrons. The highest BCUT2D eigenvalue weighted by molar-refractivity contribution is 7.22. The zero-order valence-corrected chi connectivity index (χ0v) is 14.5. The first-order valence-corrected chi connectivity index (χ1v) is 8.20. The number of methoxy groups -OCH3 is 1. The van der Waals surface area contributed by atoms with Crippen LogP contribution in [0.2, 0.25) is 5.02 Å². The molecule has 1 heterocycles. The van der Waals surface area contributed by atoms with Crippen LogP contribution in [0.5, 0.6) is 5.75 Å². The molecule has 3 aromatic rings. The number of rotatable bonds is 3. The quantitative estimate of drug-likeness (QED) is 0.739. The number of fused-ring (bicyclic) bond motifs is 1. The van der Waals surface area contributed by atoms with E-state index in [1.807, 2.05) is 32.0 Å². The summed E-state index contributed by atoms with van der Waals surface area (Å²) in [5.74, 6) is 0.230. The summed E-state index contributed by atoms with van der Waals surface area (Å²) >= 11 is 7.51. The summed E-state index contributed by atoms with van der Waals surface area (Å²) in [6, 6.07) is 9.26. The third kappa shape index (κ3) is 3.02. The summed E-state index contributed by atoms with van der Waals surface area (Å²) < 4.78 is 6.40.